The van der Waals surface area contributed by atoms with Gasteiger partial charge < -0.3 is 15.2 Å². The lowest BCUT2D eigenvalue weighted by Crippen LogP contribution is -2.42. The number of nitrogens with one attached hydrogen (secondary N) is 1. The summed E-state index contributed by atoms with van der Waals surface area (Å²) in [6, 6.07) is 11.3. The van der Waals surface area contributed by atoms with Gasteiger partial charge in [-0.05, 0) is 23.3 Å². The molecule has 0 heterocycles. The number of ether oxygens (including phenoxy) is 1. The summed E-state index contributed by atoms with van der Waals surface area (Å²) in [7, 11) is 0. The van der Waals surface area contributed by atoms with Crippen molar-refractivity contribution in [2.75, 3.05) is 5.75 Å². The first-order valence-electron chi connectivity index (χ1n) is 7.67. The zero-order valence-corrected chi connectivity index (χ0v) is 14.5. The largest absolute Gasteiger partial charge is 0.480 e. The maximum atomic E-state index is 13.1. The number of hydrogen-bond acceptors (Lipinski definition) is 4. The number of carboxylic acid groups (broad SMARTS) is 1. The van der Waals surface area contributed by atoms with E-state index in [1.54, 1.807) is 24.3 Å². The van der Waals surface area contributed by atoms with Crippen LogP contribution in [0.15, 0.2) is 48.5 Å². The van der Waals surface area contributed by atoms with Crippen molar-refractivity contribution in [2.45, 2.75) is 18.4 Å². The lowest BCUT2D eigenvalue weighted by Gasteiger charge is -2.14. The monoisotopic (exact) mass is 381 g/mol. The van der Waals surface area contributed by atoms with Gasteiger partial charge in [-0.3, -0.25) is 0 Å². The quantitative estimate of drug-likeness (QED) is 0.731. The fraction of sp³-hybridized carbons (Fsp3) is 0.222. The van der Waals surface area contributed by atoms with Gasteiger partial charge in [0.25, 0.3) is 0 Å². The molecule has 0 spiro atoms. The first kappa shape index (κ1) is 19.7. The minimum absolute atomic E-state index is 0.0288. The number of hydrogen-bond donors (Lipinski definition) is 2. The lowest BCUT2D eigenvalue weighted by atomic mass is 10.2. The number of amides is 1. The number of thioether (sulfide) groups is 1. The van der Waals surface area contributed by atoms with E-state index in [0.717, 1.165) is 17.7 Å². The van der Waals surface area contributed by atoms with Crippen LogP contribution in [0.1, 0.15) is 11.1 Å². The number of carbonyl (C=O) groups is 2. The normalized spacial score (nSPS) is 11.6. The Morgan fingerprint density at radius 1 is 1.08 bits per heavy atom. The zero-order chi connectivity index (χ0) is 18.9. The minimum atomic E-state index is -1.21. The summed E-state index contributed by atoms with van der Waals surface area (Å²) in [5, 5.41) is 11.5. The molecule has 2 aromatic rings. The molecule has 0 bridgehead atoms. The molecule has 0 saturated carbocycles. The molecule has 0 aliphatic carbocycles. The van der Waals surface area contributed by atoms with Gasteiger partial charge in [-0.15, -0.1) is 0 Å². The summed E-state index contributed by atoms with van der Waals surface area (Å²) in [6.07, 6.45) is -0.838. The van der Waals surface area contributed by atoms with Gasteiger partial charge in [-0.25, -0.2) is 18.4 Å². The van der Waals surface area contributed by atoms with E-state index in [9.17, 15) is 23.5 Å². The van der Waals surface area contributed by atoms with Crippen molar-refractivity contribution in [3.05, 3.63) is 71.3 Å². The Morgan fingerprint density at radius 3 is 2.46 bits per heavy atom. The molecule has 0 fully saturated rings. The van der Waals surface area contributed by atoms with E-state index in [2.05, 4.69) is 5.32 Å². The zero-order valence-electron chi connectivity index (χ0n) is 13.7. The molecular formula is C18H17F2NO4S. The number of halogens is 2. The van der Waals surface area contributed by atoms with Crippen molar-refractivity contribution in [3.8, 4) is 0 Å². The molecule has 2 N–H and O–H groups in total. The van der Waals surface area contributed by atoms with Crippen LogP contribution in [0, 0.1) is 11.6 Å². The number of alkyl carbamates (subject to hydrolysis) is 1. The molecule has 0 radical (unpaired) electrons. The Kier molecular flexibility index (Phi) is 7.40. The lowest BCUT2D eigenvalue weighted by molar-refractivity contribution is -0.138. The van der Waals surface area contributed by atoms with E-state index in [0.29, 0.717) is 5.56 Å². The van der Waals surface area contributed by atoms with Crippen LogP contribution in [-0.2, 0) is 21.9 Å². The van der Waals surface area contributed by atoms with Crippen LogP contribution < -0.4 is 5.32 Å². The Balaban J connectivity index is 1.79. The Labute approximate surface area is 153 Å². The SMILES string of the molecule is O=C(NC(CSCc1ccc(F)c(F)c1)C(=O)O)OCc1ccccc1. The van der Waals surface area contributed by atoms with E-state index >= 15 is 0 Å². The standard InChI is InChI=1S/C18H17F2NO4S/c19-14-7-6-13(8-15(14)20)10-26-11-16(17(22)23)21-18(24)25-9-12-4-2-1-3-5-12/h1-8,16H,9-11H2,(H,21,24)(H,22,23). The highest BCUT2D eigenvalue weighted by Crippen LogP contribution is 2.16. The van der Waals surface area contributed by atoms with Gasteiger partial charge in [0.05, 0.1) is 0 Å². The Bertz CT molecular complexity index is 758. The summed E-state index contributed by atoms with van der Waals surface area (Å²) in [5.41, 5.74) is 1.30. The van der Waals surface area contributed by atoms with Gasteiger partial charge >= 0.3 is 12.1 Å². The van der Waals surface area contributed by atoms with Crippen molar-refractivity contribution in [3.63, 3.8) is 0 Å². The summed E-state index contributed by atoms with van der Waals surface area (Å²) in [5.74, 6) is -2.78. The molecule has 0 aliphatic rings. The second kappa shape index (κ2) is 9.76. The summed E-state index contributed by atoms with van der Waals surface area (Å²) in [4.78, 5) is 23.0. The number of carbonyl (C=O) groups excluding carboxylic acids is 1. The molecule has 0 saturated heterocycles. The summed E-state index contributed by atoms with van der Waals surface area (Å²) in [6.45, 7) is 0.0288. The van der Waals surface area contributed by atoms with Gasteiger partial charge in [0.2, 0.25) is 0 Å². The van der Waals surface area contributed by atoms with Crippen LogP contribution >= 0.6 is 11.8 Å². The first-order chi connectivity index (χ1) is 12.5. The molecule has 1 unspecified atom stereocenters. The van der Waals surface area contributed by atoms with Crippen molar-refractivity contribution in [1.82, 2.24) is 5.32 Å². The smallest absolute Gasteiger partial charge is 0.408 e. The van der Waals surface area contributed by atoms with Crippen molar-refractivity contribution >= 4 is 23.8 Å². The second-order valence-corrected chi connectivity index (χ2v) is 6.39. The molecule has 0 aromatic heterocycles. The Hall–Kier alpha value is -2.61. The molecule has 1 atom stereocenters. The van der Waals surface area contributed by atoms with Gasteiger partial charge in [-0.2, -0.15) is 11.8 Å². The van der Waals surface area contributed by atoms with E-state index in [1.165, 1.54) is 17.8 Å². The highest BCUT2D eigenvalue weighted by molar-refractivity contribution is 7.98. The van der Waals surface area contributed by atoms with Crippen LogP contribution in [0.25, 0.3) is 0 Å². The predicted molar refractivity (Wildman–Crippen MR) is 93.7 cm³/mol. The summed E-state index contributed by atoms with van der Waals surface area (Å²) < 4.78 is 31.0. The number of rotatable bonds is 8. The fourth-order valence-electron chi connectivity index (χ4n) is 2.01. The van der Waals surface area contributed by atoms with Crippen molar-refractivity contribution < 1.29 is 28.2 Å². The fourth-order valence-corrected chi connectivity index (χ4v) is 3.00. The molecule has 1 amide bonds. The third-order valence-electron chi connectivity index (χ3n) is 3.34. The highest BCUT2D eigenvalue weighted by atomic mass is 32.2. The predicted octanol–water partition coefficient (Wildman–Crippen LogP) is 3.58. The molecule has 2 aromatic carbocycles. The van der Waals surface area contributed by atoms with Gasteiger partial charge in [0.1, 0.15) is 12.6 Å². The minimum Gasteiger partial charge on any atom is -0.480 e. The van der Waals surface area contributed by atoms with E-state index in [4.69, 9.17) is 4.74 Å². The van der Waals surface area contributed by atoms with E-state index < -0.39 is 29.7 Å². The molecule has 138 valence electrons. The average molecular weight is 381 g/mol. The maximum absolute atomic E-state index is 13.1. The third-order valence-corrected chi connectivity index (χ3v) is 4.45. The highest BCUT2D eigenvalue weighted by Gasteiger charge is 2.20. The number of carboxylic acids is 1. The van der Waals surface area contributed by atoms with Crippen LogP contribution in [0.2, 0.25) is 0 Å². The molecule has 26 heavy (non-hydrogen) atoms. The number of aliphatic carboxylic acids is 1. The van der Waals surface area contributed by atoms with Crippen LogP contribution in [0.5, 0.6) is 0 Å². The molecule has 5 nitrogen and oxygen atoms in total. The number of benzene rings is 2. The molecular weight excluding hydrogens is 364 g/mol. The topological polar surface area (TPSA) is 75.6 Å². The molecule has 2 rings (SSSR count). The molecule has 0 aliphatic heterocycles. The second-order valence-electron chi connectivity index (χ2n) is 5.36. The van der Waals surface area contributed by atoms with Gasteiger partial charge in [-0.1, -0.05) is 36.4 Å². The van der Waals surface area contributed by atoms with Gasteiger partial charge in [0.15, 0.2) is 11.6 Å². The molecule has 8 heteroatoms. The van der Waals surface area contributed by atoms with Crippen LogP contribution in [-0.4, -0.2) is 29.0 Å². The van der Waals surface area contributed by atoms with Gasteiger partial charge in [0, 0.05) is 11.5 Å². The van der Waals surface area contributed by atoms with Crippen LogP contribution in [0.4, 0.5) is 13.6 Å². The van der Waals surface area contributed by atoms with Crippen molar-refractivity contribution in [1.29, 1.82) is 0 Å². The Morgan fingerprint density at radius 2 is 1.81 bits per heavy atom. The summed E-state index contributed by atoms with van der Waals surface area (Å²) >= 11 is 1.17. The maximum Gasteiger partial charge on any atom is 0.408 e. The van der Waals surface area contributed by atoms with Crippen LogP contribution in [0.3, 0.4) is 0 Å². The van der Waals surface area contributed by atoms with Crippen molar-refractivity contribution in [2.24, 2.45) is 0 Å². The average Bonchev–Trinajstić information content (AvgIpc) is 2.63. The van der Waals surface area contributed by atoms with E-state index in [-0.39, 0.29) is 18.1 Å². The first-order valence-corrected chi connectivity index (χ1v) is 8.83. The van der Waals surface area contributed by atoms with E-state index in [1.807, 2.05) is 6.07 Å². The third kappa shape index (κ3) is 6.36.